The van der Waals surface area contributed by atoms with Gasteiger partial charge in [0.25, 0.3) is 0 Å². The zero-order valence-electron chi connectivity index (χ0n) is 12.6. The van der Waals surface area contributed by atoms with Crippen molar-refractivity contribution < 1.29 is 4.74 Å². The number of hydrogen-bond donors (Lipinski definition) is 1. The first-order valence-electron chi connectivity index (χ1n) is 7.31. The Hall–Kier alpha value is -1.69. The predicted octanol–water partition coefficient (Wildman–Crippen LogP) is 3.93. The molecule has 1 saturated carbocycles. The van der Waals surface area contributed by atoms with E-state index in [0.29, 0.717) is 23.4 Å². The number of benzene rings is 1. The van der Waals surface area contributed by atoms with Crippen molar-refractivity contribution in [2.75, 3.05) is 5.73 Å². The van der Waals surface area contributed by atoms with Crippen LogP contribution in [0.2, 0.25) is 0 Å². The molecule has 2 unspecified atom stereocenters. The summed E-state index contributed by atoms with van der Waals surface area (Å²) in [5.41, 5.74) is 7.72. The molecule has 1 aliphatic rings. The summed E-state index contributed by atoms with van der Waals surface area (Å²) in [6.45, 7) is 6.91. The van der Waals surface area contributed by atoms with Crippen molar-refractivity contribution in [2.24, 2.45) is 11.3 Å². The van der Waals surface area contributed by atoms with E-state index >= 15 is 0 Å². The Morgan fingerprint density at radius 1 is 1.40 bits per heavy atom. The predicted molar refractivity (Wildman–Crippen MR) is 81.4 cm³/mol. The van der Waals surface area contributed by atoms with Crippen LogP contribution in [0.5, 0.6) is 5.75 Å². The van der Waals surface area contributed by atoms with E-state index in [9.17, 15) is 0 Å². The van der Waals surface area contributed by atoms with Gasteiger partial charge >= 0.3 is 0 Å². The molecule has 1 aliphatic carbocycles. The van der Waals surface area contributed by atoms with Crippen LogP contribution in [0.4, 0.5) is 5.69 Å². The molecule has 2 rings (SSSR count). The van der Waals surface area contributed by atoms with E-state index in [2.05, 4.69) is 26.8 Å². The molecule has 3 nitrogen and oxygen atoms in total. The standard InChI is InChI=1S/C17H24N2O/c1-12-8-15(11-17(2,3)10-12)20-14-4-5-16(19)13(9-14)6-7-18/h4-5,9,12,15H,6,8,10-11,19H2,1-3H3. The smallest absolute Gasteiger partial charge is 0.120 e. The van der Waals surface area contributed by atoms with Gasteiger partial charge in [-0.3, -0.25) is 0 Å². The van der Waals surface area contributed by atoms with E-state index in [1.54, 1.807) is 0 Å². The Morgan fingerprint density at radius 3 is 2.80 bits per heavy atom. The molecule has 1 aromatic rings. The highest BCUT2D eigenvalue weighted by atomic mass is 16.5. The van der Waals surface area contributed by atoms with Gasteiger partial charge in [0.05, 0.1) is 18.6 Å². The van der Waals surface area contributed by atoms with Gasteiger partial charge in [-0.1, -0.05) is 20.8 Å². The zero-order valence-corrected chi connectivity index (χ0v) is 12.6. The maximum Gasteiger partial charge on any atom is 0.120 e. The lowest BCUT2D eigenvalue weighted by atomic mass is 9.71. The van der Waals surface area contributed by atoms with Crippen molar-refractivity contribution in [3.05, 3.63) is 23.8 Å². The van der Waals surface area contributed by atoms with Gasteiger partial charge in [0, 0.05) is 5.69 Å². The first-order chi connectivity index (χ1) is 9.39. The topological polar surface area (TPSA) is 59.0 Å². The van der Waals surface area contributed by atoms with E-state index in [1.165, 1.54) is 6.42 Å². The van der Waals surface area contributed by atoms with Crippen LogP contribution in [0.3, 0.4) is 0 Å². The fraction of sp³-hybridized carbons (Fsp3) is 0.588. The van der Waals surface area contributed by atoms with Crippen molar-refractivity contribution in [3.8, 4) is 11.8 Å². The van der Waals surface area contributed by atoms with Gasteiger partial charge in [0.2, 0.25) is 0 Å². The van der Waals surface area contributed by atoms with Crippen molar-refractivity contribution in [2.45, 2.75) is 52.6 Å². The first kappa shape index (κ1) is 14.7. The molecule has 0 radical (unpaired) electrons. The highest BCUT2D eigenvalue weighted by molar-refractivity contribution is 5.51. The lowest BCUT2D eigenvalue weighted by Crippen LogP contribution is -2.34. The third kappa shape index (κ3) is 3.66. The molecular weight excluding hydrogens is 248 g/mol. The van der Waals surface area contributed by atoms with E-state index in [4.69, 9.17) is 15.7 Å². The van der Waals surface area contributed by atoms with E-state index in [0.717, 1.165) is 24.2 Å². The van der Waals surface area contributed by atoms with Gasteiger partial charge in [-0.25, -0.2) is 0 Å². The second kappa shape index (κ2) is 5.75. The Kier molecular flexibility index (Phi) is 4.23. The quantitative estimate of drug-likeness (QED) is 0.848. The van der Waals surface area contributed by atoms with Crippen LogP contribution in [0.25, 0.3) is 0 Å². The Balaban J connectivity index is 2.10. The highest BCUT2D eigenvalue weighted by Gasteiger charge is 2.33. The van der Waals surface area contributed by atoms with Crippen LogP contribution in [0, 0.1) is 22.7 Å². The number of anilines is 1. The summed E-state index contributed by atoms with van der Waals surface area (Å²) < 4.78 is 6.14. The number of nitrogens with zero attached hydrogens (tertiary/aromatic N) is 1. The average Bonchev–Trinajstić information content (AvgIpc) is 2.31. The second-order valence-electron chi connectivity index (χ2n) is 6.85. The molecule has 1 fully saturated rings. The summed E-state index contributed by atoms with van der Waals surface area (Å²) in [6, 6.07) is 7.79. The first-order valence-corrected chi connectivity index (χ1v) is 7.31. The molecule has 0 spiro atoms. The minimum absolute atomic E-state index is 0.257. The van der Waals surface area contributed by atoms with Crippen molar-refractivity contribution >= 4 is 5.69 Å². The number of ether oxygens (including phenoxy) is 1. The largest absolute Gasteiger partial charge is 0.490 e. The van der Waals surface area contributed by atoms with Gasteiger partial charge in [0.15, 0.2) is 0 Å². The van der Waals surface area contributed by atoms with Crippen LogP contribution in [-0.2, 0) is 6.42 Å². The molecule has 108 valence electrons. The fourth-order valence-corrected chi connectivity index (χ4v) is 3.43. The number of nitriles is 1. The van der Waals surface area contributed by atoms with Crippen LogP contribution in [-0.4, -0.2) is 6.10 Å². The molecule has 0 saturated heterocycles. The third-order valence-electron chi connectivity index (χ3n) is 4.03. The molecule has 2 atom stereocenters. The minimum atomic E-state index is 0.257. The Bertz CT molecular complexity index is 516. The third-order valence-corrected chi connectivity index (χ3v) is 4.03. The number of hydrogen-bond acceptors (Lipinski definition) is 3. The monoisotopic (exact) mass is 272 g/mol. The van der Waals surface area contributed by atoms with Gasteiger partial charge in [-0.05, 0) is 54.4 Å². The molecule has 2 N–H and O–H groups in total. The minimum Gasteiger partial charge on any atom is -0.490 e. The molecular formula is C17H24N2O. The van der Waals surface area contributed by atoms with E-state index in [1.807, 2.05) is 18.2 Å². The maximum atomic E-state index is 8.81. The second-order valence-corrected chi connectivity index (χ2v) is 6.85. The van der Waals surface area contributed by atoms with Gasteiger partial charge < -0.3 is 10.5 Å². The average molecular weight is 272 g/mol. The SMILES string of the molecule is CC1CC(Oc2ccc(N)c(CC#N)c2)CC(C)(C)C1. The molecule has 1 aromatic carbocycles. The van der Waals surface area contributed by atoms with Crippen LogP contribution in [0.15, 0.2) is 18.2 Å². The lowest BCUT2D eigenvalue weighted by molar-refractivity contribution is 0.0562. The number of nitrogens with two attached hydrogens (primary N) is 1. The number of rotatable bonds is 3. The Morgan fingerprint density at radius 2 is 2.15 bits per heavy atom. The summed E-state index contributed by atoms with van der Waals surface area (Å²) >= 11 is 0. The molecule has 20 heavy (non-hydrogen) atoms. The van der Waals surface area contributed by atoms with Crippen LogP contribution in [0.1, 0.15) is 45.6 Å². The van der Waals surface area contributed by atoms with Gasteiger partial charge in [0.1, 0.15) is 5.75 Å². The summed E-state index contributed by atoms with van der Waals surface area (Å²) in [5, 5.41) is 8.81. The Labute approximate surface area is 121 Å². The van der Waals surface area contributed by atoms with Crippen molar-refractivity contribution in [1.82, 2.24) is 0 Å². The summed E-state index contributed by atoms with van der Waals surface area (Å²) in [7, 11) is 0. The van der Waals surface area contributed by atoms with Gasteiger partial charge in [-0.2, -0.15) is 5.26 Å². The molecule has 0 aliphatic heterocycles. The van der Waals surface area contributed by atoms with Crippen molar-refractivity contribution in [1.29, 1.82) is 5.26 Å². The molecule has 0 amide bonds. The molecule has 0 heterocycles. The van der Waals surface area contributed by atoms with E-state index in [-0.39, 0.29) is 6.10 Å². The fourth-order valence-electron chi connectivity index (χ4n) is 3.43. The number of nitrogen functional groups attached to an aromatic ring is 1. The van der Waals surface area contributed by atoms with E-state index < -0.39 is 0 Å². The molecule has 0 aromatic heterocycles. The van der Waals surface area contributed by atoms with Gasteiger partial charge in [-0.15, -0.1) is 0 Å². The summed E-state index contributed by atoms with van der Waals surface area (Å²) in [6.07, 6.45) is 4.02. The zero-order chi connectivity index (χ0) is 14.8. The molecule has 3 heteroatoms. The normalized spacial score (nSPS) is 24.9. The summed E-state index contributed by atoms with van der Waals surface area (Å²) in [5.74, 6) is 1.52. The highest BCUT2D eigenvalue weighted by Crippen LogP contribution is 2.40. The maximum absolute atomic E-state index is 8.81. The van der Waals surface area contributed by atoms with Crippen molar-refractivity contribution in [3.63, 3.8) is 0 Å². The summed E-state index contributed by atoms with van der Waals surface area (Å²) in [4.78, 5) is 0. The van der Waals surface area contributed by atoms with Crippen LogP contribution < -0.4 is 10.5 Å². The lowest BCUT2D eigenvalue weighted by Gasteiger charge is -2.38. The molecule has 0 bridgehead atoms. The van der Waals surface area contributed by atoms with Crippen LogP contribution >= 0.6 is 0 Å².